The highest BCUT2D eigenvalue weighted by Gasteiger charge is 2.43. The normalized spacial score (nSPS) is 26.7. The molecule has 1 aromatic rings. The number of hydrogen-bond donors (Lipinski definition) is 1. The van der Waals surface area contributed by atoms with Gasteiger partial charge in [-0.05, 0) is 90.0 Å². The second kappa shape index (κ2) is 10.3. The Labute approximate surface area is 207 Å². The van der Waals surface area contributed by atoms with Gasteiger partial charge in [-0.2, -0.15) is 0 Å². The molecule has 34 heavy (non-hydrogen) atoms. The van der Waals surface area contributed by atoms with Crippen molar-refractivity contribution >= 4 is 5.97 Å². The van der Waals surface area contributed by atoms with Gasteiger partial charge in [-0.3, -0.25) is 4.79 Å². The van der Waals surface area contributed by atoms with Gasteiger partial charge in [-0.25, -0.2) is 0 Å². The highest BCUT2D eigenvalue weighted by molar-refractivity contribution is 5.79. The minimum atomic E-state index is -0.601. The smallest absolute Gasteiger partial charge is 0.316 e. The molecule has 4 heteroatoms. The van der Waals surface area contributed by atoms with Crippen LogP contribution in [-0.2, 0) is 11.2 Å². The minimum Gasteiger partial charge on any atom is -0.507 e. The summed E-state index contributed by atoms with van der Waals surface area (Å²) < 4.78 is 6.19. The number of unbranched alkanes of at least 4 members (excludes halogenated alkanes) is 2. The van der Waals surface area contributed by atoms with E-state index in [0.29, 0.717) is 11.8 Å². The summed E-state index contributed by atoms with van der Waals surface area (Å²) in [6.07, 6.45) is 9.16. The summed E-state index contributed by atoms with van der Waals surface area (Å²) in [7, 11) is 2.08. The number of benzene rings is 1. The Morgan fingerprint density at radius 2 is 2.00 bits per heavy atom. The zero-order chi connectivity index (χ0) is 25.3. The van der Waals surface area contributed by atoms with Crippen LogP contribution in [0, 0.1) is 10.8 Å². The molecule has 1 aliphatic carbocycles. The van der Waals surface area contributed by atoms with Crippen molar-refractivity contribution in [1.29, 1.82) is 0 Å². The molecule has 4 unspecified atom stereocenters. The van der Waals surface area contributed by atoms with Gasteiger partial charge in [0, 0.05) is 24.1 Å². The van der Waals surface area contributed by atoms with Gasteiger partial charge in [0.15, 0.2) is 0 Å². The third kappa shape index (κ3) is 5.76. The molecule has 0 spiro atoms. The maximum absolute atomic E-state index is 13.4. The van der Waals surface area contributed by atoms with E-state index >= 15 is 0 Å². The highest BCUT2D eigenvalue weighted by atomic mass is 16.5. The maximum Gasteiger partial charge on any atom is 0.316 e. The molecule has 0 saturated carbocycles. The van der Waals surface area contributed by atoms with E-state index in [4.69, 9.17) is 4.74 Å². The van der Waals surface area contributed by atoms with Gasteiger partial charge in [-0.1, -0.05) is 50.5 Å². The molecule has 0 aromatic heterocycles. The first-order valence-corrected chi connectivity index (χ1v) is 13.0. The zero-order valence-electron chi connectivity index (χ0n) is 22.5. The van der Waals surface area contributed by atoms with Crippen LogP contribution in [0.4, 0.5) is 0 Å². The first kappa shape index (κ1) is 26.5. The monoisotopic (exact) mass is 467 g/mol. The third-order valence-electron chi connectivity index (χ3n) is 8.20. The second-order valence-electron chi connectivity index (χ2n) is 11.7. The van der Waals surface area contributed by atoms with Crippen molar-refractivity contribution in [2.24, 2.45) is 10.8 Å². The lowest BCUT2D eigenvalue weighted by Crippen LogP contribution is -2.33. The summed E-state index contributed by atoms with van der Waals surface area (Å²) >= 11 is 0. The molecule has 1 N–H and O–H groups in total. The van der Waals surface area contributed by atoms with E-state index in [-0.39, 0.29) is 23.1 Å². The Hall–Kier alpha value is -2.07. The number of phenolic OH excluding ortho intramolecular Hbond substituents is 1. The van der Waals surface area contributed by atoms with Crippen LogP contribution in [0.15, 0.2) is 35.9 Å². The average Bonchev–Trinajstić information content (AvgIpc) is 3.43. The van der Waals surface area contributed by atoms with E-state index in [1.165, 1.54) is 5.57 Å². The number of hydrogen-bond acceptors (Lipinski definition) is 4. The molecule has 4 nitrogen and oxygen atoms in total. The second-order valence-corrected chi connectivity index (χ2v) is 11.7. The predicted octanol–water partition coefficient (Wildman–Crippen LogP) is 7.17. The molecule has 0 radical (unpaired) electrons. The molecule has 188 valence electrons. The number of esters is 1. The van der Waals surface area contributed by atoms with E-state index in [9.17, 15) is 9.90 Å². The number of nitrogens with zero attached hydrogens (tertiary/aromatic N) is 1. The van der Waals surface area contributed by atoms with Gasteiger partial charge < -0.3 is 14.7 Å². The highest BCUT2D eigenvalue weighted by Crippen LogP contribution is 2.54. The molecule has 0 bridgehead atoms. The van der Waals surface area contributed by atoms with Gasteiger partial charge in [0.05, 0.1) is 5.41 Å². The molecule has 1 fully saturated rings. The van der Waals surface area contributed by atoms with Gasteiger partial charge >= 0.3 is 5.97 Å². The number of carbonyl (C=O) groups is 1. The Morgan fingerprint density at radius 1 is 1.32 bits per heavy atom. The minimum absolute atomic E-state index is 0.0936. The van der Waals surface area contributed by atoms with E-state index in [0.717, 1.165) is 68.2 Å². The quantitative estimate of drug-likeness (QED) is 0.130. The van der Waals surface area contributed by atoms with Gasteiger partial charge in [-0.15, -0.1) is 0 Å². The Bertz CT molecular complexity index is 960. The molecular weight excluding hydrogens is 422 g/mol. The number of ether oxygens (including phenoxy) is 1. The largest absolute Gasteiger partial charge is 0.507 e. The zero-order valence-corrected chi connectivity index (χ0v) is 22.5. The lowest BCUT2D eigenvalue weighted by molar-refractivity contribution is -0.144. The number of phenols is 1. The van der Waals surface area contributed by atoms with Crippen molar-refractivity contribution in [2.45, 2.75) is 98.4 Å². The van der Waals surface area contributed by atoms with Crippen LogP contribution < -0.4 is 4.74 Å². The molecule has 1 saturated heterocycles. The SMILES string of the molecule is C=C(C)C1(C)CCC(C)=CC1c1c(O)cc(CCCCC)cc1OC(=O)C(C)(C)CC1CN1C. The van der Waals surface area contributed by atoms with Crippen molar-refractivity contribution in [2.75, 3.05) is 13.6 Å². The molecule has 0 amide bonds. The Balaban J connectivity index is 2.03. The van der Waals surface area contributed by atoms with Gasteiger partial charge in [0.1, 0.15) is 11.5 Å². The summed E-state index contributed by atoms with van der Waals surface area (Å²) in [6, 6.07) is 4.31. The van der Waals surface area contributed by atoms with E-state index < -0.39 is 5.41 Å². The summed E-state index contributed by atoms with van der Waals surface area (Å²) in [5, 5.41) is 11.3. The molecule has 1 heterocycles. The number of aromatic hydroxyl groups is 1. The van der Waals surface area contributed by atoms with Crippen molar-refractivity contribution in [3.05, 3.63) is 47.1 Å². The molecule has 4 atom stereocenters. The maximum atomic E-state index is 13.4. The standard InChI is InChI=1S/C30H45NO3/c1-9-10-11-12-22-16-25(32)27(24-15-21(4)13-14-30(24,7)20(2)3)26(17-22)34-28(33)29(5,6)18-23-19-31(23)8/h15-17,23-24,32H,2,9-14,18-19H2,1,3-8H3. The first-order valence-electron chi connectivity index (χ1n) is 13.0. The lowest BCUT2D eigenvalue weighted by Gasteiger charge is -2.41. The van der Waals surface area contributed by atoms with Gasteiger partial charge in [0.25, 0.3) is 0 Å². The van der Waals surface area contributed by atoms with Crippen LogP contribution in [0.3, 0.4) is 0 Å². The van der Waals surface area contributed by atoms with Crippen LogP contribution in [-0.4, -0.2) is 35.6 Å². The molecule has 3 rings (SSSR count). The third-order valence-corrected chi connectivity index (χ3v) is 8.20. The van der Waals surface area contributed by atoms with Crippen LogP contribution in [0.1, 0.15) is 97.1 Å². The van der Waals surface area contributed by atoms with Crippen LogP contribution in [0.5, 0.6) is 11.5 Å². The summed E-state index contributed by atoms with van der Waals surface area (Å²) in [6.45, 7) is 17.9. The van der Waals surface area contributed by atoms with Crippen LogP contribution >= 0.6 is 0 Å². The van der Waals surface area contributed by atoms with Crippen LogP contribution in [0.25, 0.3) is 0 Å². The van der Waals surface area contributed by atoms with E-state index in [2.05, 4.69) is 52.3 Å². The molecule has 1 aliphatic heterocycles. The predicted molar refractivity (Wildman–Crippen MR) is 140 cm³/mol. The van der Waals surface area contributed by atoms with Crippen molar-refractivity contribution < 1.29 is 14.6 Å². The number of aryl methyl sites for hydroxylation is 1. The summed E-state index contributed by atoms with van der Waals surface area (Å²) in [4.78, 5) is 15.7. The van der Waals surface area contributed by atoms with Crippen molar-refractivity contribution in [1.82, 2.24) is 4.90 Å². The topological polar surface area (TPSA) is 49.5 Å². The molecule has 2 aliphatic rings. The average molecular weight is 468 g/mol. The van der Waals surface area contributed by atoms with Crippen molar-refractivity contribution in [3.8, 4) is 11.5 Å². The van der Waals surface area contributed by atoms with E-state index in [1.54, 1.807) is 0 Å². The van der Waals surface area contributed by atoms with Crippen molar-refractivity contribution in [3.63, 3.8) is 0 Å². The number of rotatable bonds is 10. The Kier molecular flexibility index (Phi) is 8.02. The lowest BCUT2D eigenvalue weighted by atomic mass is 9.63. The Morgan fingerprint density at radius 3 is 2.59 bits per heavy atom. The summed E-state index contributed by atoms with van der Waals surface area (Å²) in [5.41, 5.74) is 3.30. The molecular formula is C30H45NO3. The number of carbonyl (C=O) groups excluding carboxylic acids is 1. The first-order chi connectivity index (χ1) is 15.9. The fraction of sp³-hybridized carbons (Fsp3) is 0.633. The van der Waals surface area contributed by atoms with Gasteiger partial charge in [0.2, 0.25) is 0 Å². The fourth-order valence-electron chi connectivity index (χ4n) is 5.25. The number of allylic oxidation sites excluding steroid dienone is 3. The summed E-state index contributed by atoms with van der Waals surface area (Å²) in [5.74, 6) is 0.411. The van der Waals surface area contributed by atoms with Crippen LogP contribution in [0.2, 0.25) is 0 Å². The fourth-order valence-corrected chi connectivity index (χ4v) is 5.25. The van der Waals surface area contributed by atoms with E-state index in [1.807, 2.05) is 26.0 Å². The molecule has 1 aromatic carbocycles. The number of likely N-dealkylation sites (N-methyl/N-ethyl adjacent to an activating group) is 1.